The molecule has 3 aromatic carbocycles. The fraction of sp³-hybridized carbons (Fsp3) is 0.300. The Morgan fingerprint density at radius 3 is 2.59 bits per heavy atom. The van der Waals surface area contributed by atoms with Gasteiger partial charge in [-0.15, -0.1) is 0 Å². The van der Waals surface area contributed by atoms with Crippen molar-refractivity contribution in [3.8, 4) is 11.1 Å². The molecule has 4 rings (SSSR count). The number of hydrogen-bond acceptors (Lipinski definition) is 5. The number of carbonyl (C=O) groups excluding carboxylic acids is 3. The second-order valence-electron chi connectivity index (χ2n) is 9.53. The predicted octanol–water partition coefficient (Wildman–Crippen LogP) is 6.57. The number of piperidine rings is 1. The normalized spacial score (nSPS) is 15.8. The van der Waals surface area contributed by atoms with Gasteiger partial charge in [0, 0.05) is 5.69 Å². The van der Waals surface area contributed by atoms with E-state index in [9.17, 15) is 18.8 Å². The summed E-state index contributed by atoms with van der Waals surface area (Å²) in [5.74, 6) is -0.972. The third kappa shape index (κ3) is 8.09. The predicted molar refractivity (Wildman–Crippen MR) is 161 cm³/mol. The van der Waals surface area contributed by atoms with E-state index in [-0.39, 0.29) is 29.7 Å². The van der Waals surface area contributed by atoms with Crippen LogP contribution >= 0.6 is 20.1 Å². The van der Waals surface area contributed by atoms with Crippen LogP contribution < -0.4 is 10.6 Å². The van der Waals surface area contributed by atoms with Crippen molar-refractivity contribution >= 4 is 49.8 Å². The summed E-state index contributed by atoms with van der Waals surface area (Å²) in [5.41, 5.74) is 3.50. The van der Waals surface area contributed by atoms with Gasteiger partial charge in [0.25, 0.3) is 0 Å². The maximum atomic E-state index is 13.9. The number of hydrogen-bond donors (Lipinski definition) is 2. The second kappa shape index (κ2) is 13.7. The Hall–Kier alpha value is -3.31. The van der Waals surface area contributed by atoms with Crippen molar-refractivity contribution in [1.29, 1.82) is 0 Å². The van der Waals surface area contributed by atoms with Gasteiger partial charge in [0.1, 0.15) is 5.82 Å². The molecule has 1 fully saturated rings. The van der Waals surface area contributed by atoms with E-state index in [1.807, 2.05) is 48.5 Å². The number of aryl methyl sites for hydroxylation is 1. The molecule has 0 aliphatic carbocycles. The number of rotatable bonds is 9. The zero-order chi connectivity index (χ0) is 27.8. The first-order chi connectivity index (χ1) is 18.8. The van der Waals surface area contributed by atoms with Crippen LogP contribution in [-0.2, 0) is 16.0 Å². The number of halogens is 2. The molecule has 1 atom stereocenters. The van der Waals surface area contributed by atoms with Gasteiger partial charge in [0.15, 0.2) is 6.29 Å². The van der Waals surface area contributed by atoms with Crippen molar-refractivity contribution in [2.45, 2.75) is 31.8 Å². The van der Waals surface area contributed by atoms with E-state index in [1.165, 1.54) is 12.1 Å². The van der Waals surface area contributed by atoms with Gasteiger partial charge < -0.3 is 5.32 Å². The first kappa shape index (κ1) is 28.7. The van der Waals surface area contributed by atoms with Crippen LogP contribution in [0.15, 0.2) is 66.7 Å². The van der Waals surface area contributed by atoms with Crippen molar-refractivity contribution in [2.75, 3.05) is 33.6 Å². The van der Waals surface area contributed by atoms with Crippen molar-refractivity contribution in [1.82, 2.24) is 3.11 Å². The van der Waals surface area contributed by atoms with Gasteiger partial charge in [-0.25, -0.2) is 4.39 Å². The Kier molecular flexibility index (Phi) is 10.0. The molecule has 0 bridgehead atoms. The van der Waals surface area contributed by atoms with Gasteiger partial charge in [-0.2, -0.15) is 0 Å². The van der Waals surface area contributed by atoms with Crippen LogP contribution in [0, 0.1) is 5.82 Å². The van der Waals surface area contributed by atoms with Crippen LogP contribution in [0.2, 0.25) is 0 Å². The summed E-state index contributed by atoms with van der Waals surface area (Å²) in [7, 11) is 0. The second-order valence-corrected chi connectivity index (χ2v) is 15.0. The molecule has 2 amide bonds. The summed E-state index contributed by atoms with van der Waals surface area (Å²) in [6, 6.07) is 19.4. The molecule has 206 valence electrons. The van der Waals surface area contributed by atoms with E-state index >= 15 is 0 Å². The number of anilines is 2. The average molecular weight is 646 g/mol. The summed E-state index contributed by atoms with van der Waals surface area (Å²) < 4.78 is 22.1. The number of aldehydes is 1. The molecule has 0 spiro atoms. The van der Waals surface area contributed by atoms with Crippen LogP contribution in [0.25, 0.3) is 11.1 Å². The minimum absolute atomic E-state index is 0.0621. The molecule has 2 N–H and O–H groups in total. The zero-order valence-corrected chi connectivity index (χ0v) is 24.2. The van der Waals surface area contributed by atoms with E-state index in [0.717, 1.165) is 48.7 Å². The van der Waals surface area contributed by atoms with Crippen molar-refractivity contribution in [3.05, 3.63) is 83.7 Å². The first-order valence-corrected chi connectivity index (χ1v) is 18.1. The van der Waals surface area contributed by atoms with Gasteiger partial charge >= 0.3 is 176 Å². The Labute approximate surface area is 235 Å². The number of ether oxygens (including phenoxy) is 1. The number of nitrogens with one attached hydrogen (secondary N) is 2. The summed E-state index contributed by atoms with van der Waals surface area (Å²) >= 11 is -1.12. The molecule has 9 heteroatoms. The molecule has 39 heavy (non-hydrogen) atoms. The molecular formula is C30H33FIN3O4. The van der Waals surface area contributed by atoms with E-state index in [0.29, 0.717) is 18.4 Å². The third-order valence-electron chi connectivity index (χ3n) is 6.54. The van der Waals surface area contributed by atoms with E-state index < -0.39 is 32.0 Å². The van der Waals surface area contributed by atoms with Gasteiger partial charge in [0.05, 0.1) is 5.56 Å². The van der Waals surface area contributed by atoms with Crippen molar-refractivity contribution in [3.63, 3.8) is 0 Å². The summed E-state index contributed by atoms with van der Waals surface area (Å²) in [5, 5.41) is 5.61. The van der Waals surface area contributed by atoms with Crippen molar-refractivity contribution < 1.29 is 23.5 Å². The maximum absolute atomic E-state index is 13.9. The minimum atomic E-state index is -1.12. The van der Waals surface area contributed by atoms with Crippen molar-refractivity contribution in [2.24, 2.45) is 0 Å². The van der Waals surface area contributed by atoms with Gasteiger partial charge in [-0.3, -0.25) is 9.59 Å². The SMILES string of the molecule is CI(C)N1CCCC(OC(=O)Nc2cc(CCC(=O)Nc3ccc(C=O)c(F)c3)ccc2-c2ccccc2)C1. The molecule has 1 aliphatic heterocycles. The summed E-state index contributed by atoms with van der Waals surface area (Å²) in [6.07, 6.45) is 2.27. The van der Waals surface area contributed by atoms with Crippen LogP contribution in [-0.4, -0.2) is 50.5 Å². The van der Waals surface area contributed by atoms with Gasteiger partial charge in [-0.05, 0) is 18.2 Å². The van der Waals surface area contributed by atoms with Crippen LogP contribution in [0.4, 0.5) is 20.6 Å². The number of amides is 2. The van der Waals surface area contributed by atoms with Crippen LogP contribution in [0.5, 0.6) is 0 Å². The number of benzene rings is 3. The molecule has 3 aromatic rings. The van der Waals surface area contributed by atoms with Crippen LogP contribution in [0.1, 0.15) is 35.2 Å². The molecular weight excluding hydrogens is 612 g/mol. The first-order valence-electron chi connectivity index (χ1n) is 12.8. The molecule has 7 nitrogen and oxygen atoms in total. The number of alkyl halides is 2. The van der Waals surface area contributed by atoms with E-state index in [1.54, 1.807) is 0 Å². The van der Waals surface area contributed by atoms with E-state index in [4.69, 9.17) is 4.74 Å². The third-order valence-corrected chi connectivity index (χ3v) is 10.1. The Balaban J connectivity index is 1.44. The van der Waals surface area contributed by atoms with Gasteiger partial charge in [-0.1, -0.05) is 0 Å². The Morgan fingerprint density at radius 1 is 1.08 bits per heavy atom. The van der Waals surface area contributed by atoms with Crippen LogP contribution in [0.3, 0.4) is 0 Å². The number of carbonyl (C=O) groups is 3. The molecule has 1 saturated heterocycles. The number of nitrogens with zero attached hydrogens (tertiary/aromatic N) is 1. The average Bonchev–Trinajstić information content (AvgIpc) is 2.92. The molecule has 0 saturated carbocycles. The Bertz CT molecular complexity index is 1320. The molecule has 1 heterocycles. The fourth-order valence-electron chi connectivity index (χ4n) is 4.49. The molecule has 0 aromatic heterocycles. The molecule has 1 unspecified atom stereocenters. The summed E-state index contributed by atoms with van der Waals surface area (Å²) in [4.78, 5) is 40.8. The standard InChI is InChI=1S/C30H33FIN3O4/c1-32(2)35-16-6-9-25(19-35)39-30(38)34-28-17-21(10-14-26(28)22-7-4-3-5-8-22)11-15-29(37)33-24-13-12-23(20-36)27(31)18-24/h3-5,7-8,10,12-14,17-18,20,25H,6,9,11,15-16,19H2,1-2H3,(H,33,37)(H,34,38). The van der Waals surface area contributed by atoms with E-state index in [2.05, 4.69) is 23.6 Å². The molecule has 0 radical (unpaired) electrons. The molecule has 1 aliphatic rings. The quantitative estimate of drug-likeness (QED) is 0.119. The summed E-state index contributed by atoms with van der Waals surface area (Å²) in [6.45, 7) is 1.86. The topological polar surface area (TPSA) is 87.7 Å². The Morgan fingerprint density at radius 2 is 1.87 bits per heavy atom. The van der Waals surface area contributed by atoms with Gasteiger partial charge in [0.2, 0.25) is 0 Å². The fourth-order valence-corrected chi connectivity index (χ4v) is 7.02. The zero-order valence-electron chi connectivity index (χ0n) is 22.1. The monoisotopic (exact) mass is 645 g/mol.